The minimum Gasteiger partial charge on any atom is -0.412 e. The molecular formula is C19H24Br2GeN2O4. The van der Waals surface area contributed by atoms with E-state index in [1.807, 2.05) is 17.0 Å². The third-order valence-electron chi connectivity index (χ3n) is 4.48. The first-order valence-electron chi connectivity index (χ1n) is 8.52. The van der Waals surface area contributed by atoms with Crippen LogP contribution in [0.4, 0.5) is 0 Å². The van der Waals surface area contributed by atoms with Crippen LogP contribution in [0.2, 0.25) is 0 Å². The average molecular weight is 577 g/mol. The Morgan fingerprint density at radius 2 is 1.36 bits per heavy atom. The van der Waals surface area contributed by atoms with Crippen molar-refractivity contribution in [1.82, 2.24) is 9.47 Å². The smallest absolute Gasteiger partial charge is 0.0846 e. The van der Waals surface area contributed by atoms with Gasteiger partial charge in [-0.25, -0.2) is 0 Å². The van der Waals surface area contributed by atoms with E-state index in [0.29, 0.717) is 26.2 Å². The van der Waals surface area contributed by atoms with Crippen molar-refractivity contribution in [2.75, 3.05) is 32.8 Å². The van der Waals surface area contributed by atoms with Crippen molar-refractivity contribution in [3.8, 4) is 0 Å². The number of hydrogen-bond acceptors (Lipinski definition) is 4. The normalized spacial score (nSPS) is 12.2. The molecule has 1 atom stereocenters. The molecule has 0 saturated carbocycles. The van der Waals surface area contributed by atoms with Gasteiger partial charge < -0.3 is 25.4 Å². The summed E-state index contributed by atoms with van der Waals surface area (Å²) in [6.45, 7) is 1.72. The zero-order valence-corrected chi connectivity index (χ0v) is 20.5. The molecule has 2 aromatic carbocycles. The van der Waals surface area contributed by atoms with Crippen LogP contribution >= 0.6 is 31.9 Å². The number of fused-ring (bicyclic) bond motifs is 3. The Hall–Kier alpha value is -0.457. The predicted molar refractivity (Wildman–Crippen MR) is 121 cm³/mol. The van der Waals surface area contributed by atoms with Crippen molar-refractivity contribution < 1.29 is 20.8 Å². The second-order valence-electron chi connectivity index (χ2n) is 6.34. The molecular weight excluding hydrogens is 553 g/mol. The first-order valence-corrected chi connectivity index (χ1v) is 10.1. The standard InChI is InChI=1S/C19H22Br2N2O3.Ge.H2O/c20-13-1-3-18-16(9-13)17-10-14(21)2-4-19(17)23(18)12-15(26)11-22(5-7-24)6-8-25;;/h1-4,9-10,15,24-26H,5-8,11-12H2;;1H2. The SMILES string of the molecule is O.OCCN(CCO)CC(O)Cn1c2ccc(Br)cc2c2cc(Br)ccc21.[Ge]. The van der Waals surface area contributed by atoms with E-state index < -0.39 is 6.10 Å². The van der Waals surface area contributed by atoms with E-state index >= 15 is 0 Å². The molecule has 0 aliphatic carbocycles. The van der Waals surface area contributed by atoms with Crippen LogP contribution in [0, 0.1) is 0 Å². The molecule has 5 N–H and O–H groups in total. The summed E-state index contributed by atoms with van der Waals surface area (Å²) in [6, 6.07) is 12.3. The number of aliphatic hydroxyl groups excluding tert-OH is 3. The first-order chi connectivity index (χ1) is 12.5. The molecule has 0 aliphatic rings. The molecule has 1 heterocycles. The largest absolute Gasteiger partial charge is 0.412 e. The van der Waals surface area contributed by atoms with Crippen molar-refractivity contribution >= 4 is 71.3 Å². The van der Waals surface area contributed by atoms with Gasteiger partial charge >= 0.3 is 0 Å². The van der Waals surface area contributed by atoms with E-state index in [0.717, 1.165) is 30.8 Å². The number of rotatable bonds is 8. The molecule has 3 rings (SSSR count). The Bertz CT molecular complexity index is 841. The van der Waals surface area contributed by atoms with Gasteiger partial charge in [0.15, 0.2) is 0 Å². The summed E-state index contributed by atoms with van der Waals surface area (Å²) >= 11 is 7.08. The van der Waals surface area contributed by atoms with E-state index in [9.17, 15) is 5.11 Å². The van der Waals surface area contributed by atoms with Gasteiger partial charge in [0.1, 0.15) is 0 Å². The molecule has 0 amide bonds. The molecule has 0 saturated heterocycles. The van der Waals surface area contributed by atoms with Crippen molar-refractivity contribution in [2.24, 2.45) is 0 Å². The van der Waals surface area contributed by atoms with Crippen LogP contribution in [-0.2, 0) is 6.54 Å². The molecule has 0 spiro atoms. The molecule has 152 valence electrons. The molecule has 0 fully saturated rings. The van der Waals surface area contributed by atoms with Crippen LogP contribution in [0.15, 0.2) is 45.3 Å². The van der Waals surface area contributed by atoms with Crippen LogP contribution in [0.3, 0.4) is 0 Å². The number of halogens is 2. The van der Waals surface area contributed by atoms with Crippen molar-refractivity contribution in [1.29, 1.82) is 0 Å². The van der Waals surface area contributed by atoms with Crippen molar-refractivity contribution in [3.63, 3.8) is 0 Å². The quantitative estimate of drug-likeness (QED) is 0.356. The molecule has 3 aromatic rings. The maximum absolute atomic E-state index is 10.6. The van der Waals surface area contributed by atoms with Gasteiger partial charge in [0, 0.05) is 68.0 Å². The van der Waals surface area contributed by atoms with Crippen LogP contribution < -0.4 is 0 Å². The topological polar surface area (TPSA) is 100 Å². The fraction of sp³-hybridized carbons (Fsp3) is 0.368. The zero-order chi connectivity index (χ0) is 18.7. The van der Waals surface area contributed by atoms with Gasteiger partial charge in [-0.05, 0) is 36.4 Å². The monoisotopic (exact) mass is 576 g/mol. The summed E-state index contributed by atoms with van der Waals surface area (Å²) < 4.78 is 4.16. The number of benzene rings is 2. The Balaban J connectivity index is 0.00000196. The summed E-state index contributed by atoms with van der Waals surface area (Å²) in [7, 11) is 0. The van der Waals surface area contributed by atoms with Gasteiger partial charge in [0.2, 0.25) is 0 Å². The number of aromatic nitrogens is 1. The molecule has 28 heavy (non-hydrogen) atoms. The predicted octanol–water partition coefficient (Wildman–Crippen LogP) is 1.76. The zero-order valence-electron chi connectivity index (χ0n) is 15.3. The number of aliphatic hydroxyl groups is 3. The molecule has 0 bridgehead atoms. The first kappa shape index (κ1) is 25.6. The molecule has 0 aliphatic heterocycles. The van der Waals surface area contributed by atoms with Gasteiger partial charge in [0.25, 0.3) is 0 Å². The van der Waals surface area contributed by atoms with Crippen LogP contribution in [0.1, 0.15) is 0 Å². The molecule has 1 unspecified atom stereocenters. The van der Waals surface area contributed by atoms with Crippen LogP contribution in [0.5, 0.6) is 0 Å². The average Bonchev–Trinajstić information content (AvgIpc) is 2.88. The minimum absolute atomic E-state index is 0. The second kappa shape index (κ2) is 11.7. The summed E-state index contributed by atoms with van der Waals surface area (Å²) in [4.78, 5) is 1.87. The Kier molecular flexibility index (Phi) is 10.6. The van der Waals surface area contributed by atoms with Gasteiger partial charge in [0.05, 0.1) is 25.9 Å². The minimum atomic E-state index is -0.612. The Morgan fingerprint density at radius 1 is 0.893 bits per heavy atom. The second-order valence-corrected chi connectivity index (χ2v) is 8.17. The molecule has 4 radical (unpaired) electrons. The summed E-state index contributed by atoms with van der Waals surface area (Å²) in [6.07, 6.45) is -0.612. The van der Waals surface area contributed by atoms with Gasteiger partial charge in [-0.1, -0.05) is 31.9 Å². The van der Waals surface area contributed by atoms with Crippen molar-refractivity contribution in [2.45, 2.75) is 12.6 Å². The number of nitrogens with zero attached hydrogens (tertiary/aromatic N) is 2. The summed E-state index contributed by atoms with van der Waals surface area (Å²) in [5.74, 6) is 0. The third-order valence-corrected chi connectivity index (χ3v) is 5.47. The maximum atomic E-state index is 10.6. The van der Waals surface area contributed by atoms with Gasteiger partial charge in [-0.2, -0.15) is 0 Å². The van der Waals surface area contributed by atoms with Crippen LogP contribution in [0.25, 0.3) is 21.8 Å². The summed E-state index contributed by atoms with van der Waals surface area (Å²) in [5.41, 5.74) is 2.13. The van der Waals surface area contributed by atoms with E-state index in [-0.39, 0.29) is 36.3 Å². The fourth-order valence-corrected chi connectivity index (χ4v) is 4.11. The number of hydrogen-bond donors (Lipinski definition) is 3. The van der Waals surface area contributed by atoms with Crippen LogP contribution in [-0.4, -0.2) is 86.8 Å². The van der Waals surface area contributed by atoms with E-state index in [4.69, 9.17) is 10.2 Å². The fourth-order valence-electron chi connectivity index (χ4n) is 3.39. The van der Waals surface area contributed by atoms with Gasteiger partial charge in [-0.15, -0.1) is 0 Å². The Morgan fingerprint density at radius 3 is 1.79 bits per heavy atom. The Labute approximate surface area is 191 Å². The van der Waals surface area contributed by atoms with E-state index in [1.54, 1.807) is 0 Å². The molecule has 6 nitrogen and oxygen atoms in total. The third kappa shape index (κ3) is 5.79. The molecule has 1 aromatic heterocycles. The maximum Gasteiger partial charge on any atom is 0.0846 e. The van der Waals surface area contributed by atoms with Gasteiger partial charge in [-0.3, -0.25) is 4.90 Å². The molecule has 9 heteroatoms. The van der Waals surface area contributed by atoms with E-state index in [1.165, 1.54) is 0 Å². The van der Waals surface area contributed by atoms with Crippen molar-refractivity contribution in [3.05, 3.63) is 45.3 Å². The van der Waals surface area contributed by atoms with E-state index in [2.05, 4.69) is 60.7 Å². The summed E-state index contributed by atoms with van der Waals surface area (Å²) in [5, 5.41) is 31.2.